The van der Waals surface area contributed by atoms with E-state index in [2.05, 4.69) is 27.8 Å². The SMILES string of the molecule is C=C(Br)CNC(=O)C1(N)C2CCCOC2C1(C)C. The van der Waals surface area contributed by atoms with Crippen LogP contribution in [0, 0.1) is 11.3 Å². The second-order valence-electron chi connectivity index (χ2n) is 5.83. The highest BCUT2D eigenvalue weighted by molar-refractivity contribution is 9.11. The van der Waals surface area contributed by atoms with E-state index in [9.17, 15) is 4.79 Å². The Labute approximate surface area is 116 Å². The fourth-order valence-corrected chi connectivity index (χ4v) is 3.50. The molecule has 2 rings (SSSR count). The minimum Gasteiger partial charge on any atom is -0.377 e. The molecule has 4 nitrogen and oxygen atoms in total. The van der Waals surface area contributed by atoms with E-state index in [-0.39, 0.29) is 23.3 Å². The molecule has 0 radical (unpaired) electrons. The average Bonchev–Trinajstić information content (AvgIpc) is 2.34. The van der Waals surface area contributed by atoms with Gasteiger partial charge in [0.2, 0.25) is 5.91 Å². The van der Waals surface area contributed by atoms with E-state index < -0.39 is 5.54 Å². The van der Waals surface area contributed by atoms with Crippen LogP contribution in [0.5, 0.6) is 0 Å². The first-order valence-electron chi connectivity index (χ1n) is 6.34. The summed E-state index contributed by atoms with van der Waals surface area (Å²) in [5.74, 6) is 0.0321. The van der Waals surface area contributed by atoms with Crippen molar-refractivity contribution >= 4 is 21.8 Å². The monoisotopic (exact) mass is 316 g/mol. The lowest BCUT2D eigenvalue weighted by molar-refractivity contribution is -0.225. The number of rotatable bonds is 3. The highest BCUT2D eigenvalue weighted by atomic mass is 79.9. The van der Waals surface area contributed by atoms with Gasteiger partial charge in [-0.25, -0.2) is 0 Å². The third-order valence-electron chi connectivity index (χ3n) is 4.50. The normalized spacial score (nSPS) is 37.3. The molecule has 0 aromatic rings. The van der Waals surface area contributed by atoms with E-state index in [1.165, 1.54) is 0 Å². The maximum Gasteiger partial charge on any atom is 0.241 e. The molecule has 1 saturated heterocycles. The molecule has 3 atom stereocenters. The zero-order valence-electron chi connectivity index (χ0n) is 11.0. The molecule has 1 amide bonds. The summed E-state index contributed by atoms with van der Waals surface area (Å²) >= 11 is 3.23. The fourth-order valence-electron chi connectivity index (χ4n) is 3.36. The molecular weight excluding hydrogens is 296 g/mol. The van der Waals surface area contributed by atoms with Gasteiger partial charge < -0.3 is 15.8 Å². The van der Waals surface area contributed by atoms with E-state index in [1.54, 1.807) is 0 Å². The zero-order valence-corrected chi connectivity index (χ0v) is 12.5. The van der Waals surface area contributed by atoms with Gasteiger partial charge in [-0.05, 0) is 12.8 Å². The first-order valence-corrected chi connectivity index (χ1v) is 7.13. The zero-order chi connectivity index (χ0) is 13.6. The van der Waals surface area contributed by atoms with Crippen molar-refractivity contribution in [2.24, 2.45) is 17.1 Å². The van der Waals surface area contributed by atoms with Gasteiger partial charge in [0.1, 0.15) is 5.54 Å². The number of hydrogen-bond donors (Lipinski definition) is 2. The van der Waals surface area contributed by atoms with Crippen LogP contribution in [-0.4, -0.2) is 30.7 Å². The number of halogens is 1. The largest absolute Gasteiger partial charge is 0.377 e. The van der Waals surface area contributed by atoms with Crippen molar-refractivity contribution < 1.29 is 9.53 Å². The Kier molecular flexibility index (Phi) is 3.60. The Morgan fingerprint density at radius 2 is 2.28 bits per heavy atom. The molecule has 18 heavy (non-hydrogen) atoms. The van der Waals surface area contributed by atoms with Crippen molar-refractivity contribution in [1.82, 2.24) is 5.32 Å². The number of hydrogen-bond acceptors (Lipinski definition) is 3. The van der Waals surface area contributed by atoms with Crippen LogP contribution in [0.3, 0.4) is 0 Å². The molecule has 0 aromatic heterocycles. The minimum atomic E-state index is -0.833. The quantitative estimate of drug-likeness (QED) is 0.830. The van der Waals surface area contributed by atoms with Crippen molar-refractivity contribution in [3.8, 4) is 0 Å². The summed E-state index contributed by atoms with van der Waals surface area (Å²) in [5, 5.41) is 2.85. The first kappa shape index (κ1) is 14.0. The van der Waals surface area contributed by atoms with Gasteiger partial charge in [0, 0.05) is 29.0 Å². The van der Waals surface area contributed by atoms with Gasteiger partial charge in [0.05, 0.1) is 6.10 Å². The minimum absolute atomic E-state index is 0.0974. The van der Waals surface area contributed by atoms with Crippen LogP contribution in [0.15, 0.2) is 11.1 Å². The van der Waals surface area contributed by atoms with E-state index >= 15 is 0 Å². The summed E-state index contributed by atoms with van der Waals surface area (Å²) < 4.78 is 6.52. The number of carbonyl (C=O) groups excluding carboxylic acids is 1. The van der Waals surface area contributed by atoms with E-state index in [1.807, 2.05) is 13.8 Å². The van der Waals surface area contributed by atoms with Gasteiger partial charge in [-0.15, -0.1) is 0 Å². The maximum absolute atomic E-state index is 12.4. The van der Waals surface area contributed by atoms with Crippen LogP contribution < -0.4 is 11.1 Å². The van der Waals surface area contributed by atoms with Crippen LogP contribution in [0.2, 0.25) is 0 Å². The van der Waals surface area contributed by atoms with Crippen LogP contribution in [0.4, 0.5) is 0 Å². The van der Waals surface area contributed by atoms with Crippen LogP contribution in [0.25, 0.3) is 0 Å². The predicted molar refractivity (Wildman–Crippen MR) is 74.2 cm³/mol. The summed E-state index contributed by atoms with van der Waals surface area (Å²) in [7, 11) is 0. The number of nitrogens with one attached hydrogen (secondary N) is 1. The Hall–Kier alpha value is -0.390. The summed E-state index contributed by atoms with van der Waals surface area (Å²) in [5.41, 5.74) is 5.27. The van der Waals surface area contributed by atoms with Crippen molar-refractivity contribution in [1.29, 1.82) is 0 Å². The lowest BCUT2D eigenvalue weighted by atomic mass is 9.46. The third-order valence-corrected chi connectivity index (χ3v) is 4.78. The van der Waals surface area contributed by atoms with Crippen LogP contribution >= 0.6 is 15.9 Å². The molecular formula is C13H21BrN2O2. The Morgan fingerprint density at radius 3 is 2.89 bits per heavy atom. The topological polar surface area (TPSA) is 64.4 Å². The Balaban J connectivity index is 2.13. The highest BCUT2D eigenvalue weighted by Crippen LogP contribution is 2.57. The number of amides is 1. The smallest absolute Gasteiger partial charge is 0.241 e. The van der Waals surface area contributed by atoms with Gasteiger partial charge in [-0.2, -0.15) is 0 Å². The van der Waals surface area contributed by atoms with Gasteiger partial charge in [0.15, 0.2) is 0 Å². The van der Waals surface area contributed by atoms with E-state index in [0.717, 1.165) is 23.9 Å². The van der Waals surface area contributed by atoms with Gasteiger partial charge in [-0.1, -0.05) is 36.4 Å². The summed E-state index contributed by atoms with van der Waals surface area (Å²) in [6.07, 6.45) is 2.05. The molecule has 5 heteroatoms. The number of carbonyl (C=O) groups is 1. The molecule has 102 valence electrons. The van der Waals surface area contributed by atoms with Gasteiger partial charge in [0.25, 0.3) is 0 Å². The third kappa shape index (κ3) is 1.84. The van der Waals surface area contributed by atoms with Crippen molar-refractivity contribution in [2.45, 2.75) is 38.3 Å². The summed E-state index contributed by atoms with van der Waals surface area (Å²) in [6.45, 7) is 8.93. The van der Waals surface area contributed by atoms with Crippen LogP contribution in [0.1, 0.15) is 26.7 Å². The summed E-state index contributed by atoms with van der Waals surface area (Å²) in [4.78, 5) is 12.4. The lowest BCUT2D eigenvalue weighted by Crippen LogP contribution is -2.82. The van der Waals surface area contributed by atoms with E-state index in [4.69, 9.17) is 10.5 Å². The molecule has 2 aliphatic rings. The molecule has 2 fully saturated rings. The predicted octanol–water partition coefficient (Wildman–Crippen LogP) is 1.54. The van der Waals surface area contributed by atoms with Crippen LogP contribution in [-0.2, 0) is 9.53 Å². The number of fused-ring (bicyclic) bond motifs is 1. The van der Waals surface area contributed by atoms with Gasteiger partial charge >= 0.3 is 0 Å². The average molecular weight is 317 g/mol. The van der Waals surface area contributed by atoms with Crippen molar-refractivity contribution in [2.75, 3.05) is 13.2 Å². The molecule has 0 bridgehead atoms. The molecule has 0 aromatic carbocycles. The standard InChI is InChI=1S/C13H21BrN2O2/c1-8(14)7-16-11(17)13(15)9-5-4-6-18-10(9)12(13,2)3/h9-10H,1,4-7,15H2,2-3H3,(H,16,17). The molecule has 1 aliphatic carbocycles. The van der Waals surface area contributed by atoms with Crippen molar-refractivity contribution in [3.05, 3.63) is 11.1 Å². The Bertz CT molecular complexity index is 383. The number of nitrogens with two attached hydrogens (primary N) is 1. The molecule has 1 aliphatic heterocycles. The van der Waals surface area contributed by atoms with Crippen molar-refractivity contribution in [3.63, 3.8) is 0 Å². The highest BCUT2D eigenvalue weighted by Gasteiger charge is 2.70. The maximum atomic E-state index is 12.4. The second-order valence-corrected chi connectivity index (χ2v) is 6.95. The molecule has 3 unspecified atom stereocenters. The van der Waals surface area contributed by atoms with Gasteiger partial charge in [-0.3, -0.25) is 4.79 Å². The second kappa shape index (κ2) is 4.62. The first-order chi connectivity index (χ1) is 8.31. The Morgan fingerprint density at radius 1 is 1.61 bits per heavy atom. The molecule has 1 saturated carbocycles. The lowest BCUT2D eigenvalue weighted by Gasteiger charge is -2.65. The summed E-state index contributed by atoms with van der Waals surface area (Å²) in [6, 6.07) is 0. The molecule has 0 spiro atoms. The fraction of sp³-hybridized carbons (Fsp3) is 0.769. The van der Waals surface area contributed by atoms with E-state index in [0.29, 0.717) is 6.54 Å². The molecule has 3 N–H and O–H groups in total. The number of ether oxygens (including phenoxy) is 1. The molecule has 1 heterocycles.